The van der Waals surface area contributed by atoms with Crippen LogP contribution in [0.15, 0.2) is 0 Å². The first-order chi connectivity index (χ1) is 8.56. The molecule has 2 rings (SSSR count). The van der Waals surface area contributed by atoms with Crippen molar-refractivity contribution in [3.05, 3.63) is 0 Å². The van der Waals surface area contributed by atoms with Crippen LogP contribution in [0.5, 0.6) is 0 Å². The lowest BCUT2D eigenvalue weighted by Gasteiger charge is -2.36. The number of halogens is 2. The molecular formula is C15H26Cl2O. The van der Waals surface area contributed by atoms with Crippen molar-refractivity contribution >= 4 is 23.2 Å². The van der Waals surface area contributed by atoms with Gasteiger partial charge in [0.2, 0.25) is 0 Å². The lowest BCUT2D eigenvalue weighted by molar-refractivity contribution is -0.0537. The van der Waals surface area contributed by atoms with Gasteiger partial charge < -0.3 is 4.74 Å². The molecule has 2 aliphatic rings. The van der Waals surface area contributed by atoms with Gasteiger partial charge in [0.1, 0.15) is 0 Å². The fourth-order valence-corrected chi connectivity index (χ4v) is 4.69. The third-order valence-electron chi connectivity index (χ3n) is 5.24. The van der Waals surface area contributed by atoms with E-state index >= 15 is 0 Å². The molecule has 1 heterocycles. The minimum Gasteiger partial charge on any atom is -0.372 e. The fourth-order valence-electron chi connectivity index (χ4n) is 3.57. The van der Waals surface area contributed by atoms with Gasteiger partial charge in [-0.1, -0.05) is 26.7 Å². The molecule has 18 heavy (non-hydrogen) atoms. The van der Waals surface area contributed by atoms with Gasteiger partial charge in [0.25, 0.3) is 0 Å². The van der Waals surface area contributed by atoms with Gasteiger partial charge in [-0.05, 0) is 38.0 Å². The molecule has 1 unspecified atom stereocenters. The normalized spacial score (nSPS) is 27.5. The van der Waals surface area contributed by atoms with E-state index in [9.17, 15) is 0 Å². The molecule has 1 atom stereocenters. The van der Waals surface area contributed by atoms with Crippen LogP contribution < -0.4 is 0 Å². The summed E-state index contributed by atoms with van der Waals surface area (Å²) in [6, 6.07) is 0. The molecule has 2 fully saturated rings. The maximum absolute atomic E-state index is 6.40. The Morgan fingerprint density at radius 2 is 1.78 bits per heavy atom. The van der Waals surface area contributed by atoms with Crippen molar-refractivity contribution in [2.24, 2.45) is 11.3 Å². The predicted molar refractivity (Wildman–Crippen MR) is 78.6 cm³/mol. The van der Waals surface area contributed by atoms with Crippen molar-refractivity contribution in [2.75, 3.05) is 11.8 Å². The molecule has 1 aliphatic carbocycles. The van der Waals surface area contributed by atoms with E-state index in [2.05, 4.69) is 13.8 Å². The van der Waals surface area contributed by atoms with Crippen molar-refractivity contribution in [2.45, 2.75) is 70.5 Å². The molecule has 0 bridgehead atoms. The lowest BCUT2D eigenvalue weighted by atomic mass is 9.76. The molecule has 1 spiro atoms. The van der Waals surface area contributed by atoms with E-state index in [1.54, 1.807) is 0 Å². The van der Waals surface area contributed by atoms with Crippen LogP contribution in [0.3, 0.4) is 0 Å². The highest BCUT2D eigenvalue weighted by Crippen LogP contribution is 2.47. The Morgan fingerprint density at radius 1 is 1.17 bits per heavy atom. The maximum atomic E-state index is 6.40. The molecule has 0 N–H and O–H groups in total. The van der Waals surface area contributed by atoms with Crippen LogP contribution in [-0.2, 0) is 4.74 Å². The summed E-state index contributed by atoms with van der Waals surface area (Å²) in [5, 5.41) is 0. The van der Waals surface area contributed by atoms with Crippen LogP contribution in [0.2, 0.25) is 0 Å². The molecule has 0 aromatic carbocycles. The summed E-state index contributed by atoms with van der Waals surface area (Å²) in [6.07, 6.45) is 9.06. The standard InChI is InChI=1S/C15H26Cl2O/c1-12(2)14(10-16,11-17)9-13-5-8-15(18-13)6-3-4-7-15/h12-13H,3-11H2,1-2H3. The van der Waals surface area contributed by atoms with E-state index in [0.717, 1.165) is 6.42 Å². The first-order valence-electron chi connectivity index (χ1n) is 7.36. The second-order valence-electron chi connectivity index (χ2n) is 6.66. The number of hydrogen-bond acceptors (Lipinski definition) is 1. The first-order valence-corrected chi connectivity index (χ1v) is 8.42. The van der Waals surface area contributed by atoms with E-state index in [4.69, 9.17) is 27.9 Å². The van der Waals surface area contributed by atoms with Gasteiger partial charge in [0.05, 0.1) is 11.7 Å². The zero-order valence-corrected chi connectivity index (χ0v) is 13.2. The smallest absolute Gasteiger partial charge is 0.0687 e. The third kappa shape index (κ3) is 2.83. The van der Waals surface area contributed by atoms with Crippen LogP contribution in [-0.4, -0.2) is 23.5 Å². The molecule has 1 saturated heterocycles. The number of hydrogen-bond donors (Lipinski definition) is 0. The van der Waals surface area contributed by atoms with Crippen LogP contribution in [0.1, 0.15) is 58.8 Å². The summed E-state index contributed by atoms with van der Waals surface area (Å²) < 4.78 is 6.40. The maximum Gasteiger partial charge on any atom is 0.0687 e. The Hall–Kier alpha value is 0.540. The summed E-state index contributed by atoms with van der Waals surface area (Å²) in [7, 11) is 0. The number of ether oxygens (including phenoxy) is 1. The molecule has 0 amide bonds. The quantitative estimate of drug-likeness (QED) is 0.649. The predicted octanol–water partition coefficient (Wildman–Crippen LogP) is 4.99. The van der Waals surface area contributed by atoms with Gasteiger partial charge >= 0.3 is 0 Å². The second-order valence-corrected chi connectivity index (χ2v) is 7.19. The number of rotatable bonds is 5. The molecule has 106 valence electrons. The van der Waals surface area contributed by atoms with E-state index in [-0.39, 0.29) is 11.0 Å². The summed E-state index contributed by atoms with van der Waals surface area (Å²) in [4.78, 5) is 0. The zero-order valence-electron chi connectivity index (χ0n) is 11.7. The molecule has 0 aromatic heterocycles. The minimum absolute atomic E-state index is 0.0396. The molecule has 3 heteroatoms. The van der Waals surface area contributed by atoms with Crippen molar-refractivity contribution in [1.29, 1.82) is 0 Å². The van der Waals surface area contributed by atoms with E-state index in [1.807, 2.05) is 0 Å². The zero-order chi connectivity index (χ0) is 13.2. The van der Waals surface area contributed by atoms with E-state index in [1.165, 1.54) is 38.5 Å². The summed E-state index contributed by atoms with van der Waals surface area (Å²) in [5.74, 6) is 1.79. The molecular weight excluding hydrogens is 267 g/mol. The topological polar surface area (TPSA) is 9.23 Å². The molecule has 0 aromatic rings. The van der Waals surface area contributed by atoms with Gasteiger partial charge in [0, 0.05) is 17.2 Å². The lowest BCUT2D eigenvalue weighted by Crippen LogP contribution is -2.36. The van der Waals surface area contributed by atoms with Crippen molar-refractivity contribution < 1.29 is 4.74 Å². The Morgan fingerprint density at radius 3 is 2.28 bits per heavy atom. The highest BCUT2D eigenvalue weighted by Gasteiger charge is 2.45. The molecule has 1 nitrogen and oxygen atoms in total. The highest BCUT2D eigenvalue weighted by molar-refractivity contribution is 6.21. The van der Waals surface area contributed by atoms with Gasteiger partial charge in [-0.2, -0.15) is 0 Å². The van der Waals surface area contributed by atoms with Gasteiger partial charge in [0.15, 0.2) is 0 Å². The molecule has 0 radical (unpaired) electrons. The second kappa shape index (κ2) is 5.89. The fraction of sp³-hybridized carbons (Fsp3) is 1.00. The van der Waals surface area contributed by atoms with Crippen molar-refractivity contribution in [1.82, 2.24) is 0 Å². The van der Waals surface area contributed by atoms with E-state index in [0.29, 0.717) is 23.8 Å². The Bertz CT molecular complexity index is 268. The van der Waals surface area contributed by atoms with Crippen LogP contribution in [0.25, 0.3) is 0 Å². The average Bonchev–Trinajstić information content (AvgIpc) is 2.97. The average molecular weight is 293 g/mol. The van der Waals surface area contributed by atoms with Crippen LogP contribution in [0, 0.1) is 11.3 Å². The van der Waals surface area contributed by atoms with Gasteiger partial charge in [-0.3, -0.25) is 0 Å². The van der Waals surface area contributed by atoms with Crippen LogP contribution in [0.4, 0.5) is 0 Å². The Labute approximate surface area is 122 Å². The van der Waals surface area contributed by atoms with Crippen LogP contribution >= 0.6 is 23.2 Å². The van der Waals surface area contributed by atoms with Gasteiger partial charge in [-0.25, -0.2) is 0 Å². The van der Waals surface area contributed by atoms with Crippen molar-refractivity contribution in [3.8, 4) is 0 Å². The molecule has 1 aliphatic heterocycles. The SMILES string of the molecule is CC(C)C(CCl)(CCl)CC1CCC2(CCCC2)O1. The first kappa shape index (κ1) is 14.9. The summed E-state index contributed by atoms with van der Waals surface area (Å²) in [6.45, 7) is 4.45. The number of alkyl halides is 2. The van der Waals surface area contributed by atoms with Gasteiger partial charge in [-0.15, -0.1) is 23.2 Å². The summed E-state index contributed by atoms with van der Waals surface area (Å²) >= 11 is 12.4. The van der Waals surface area contributed by atoms with E-state index < -0.39 is 0 Å². The molecule has 1 saturated carbocycles. The highest BCUT2D eigenvalue weighted by atomic mass is 35.5. The summed E-state index contributed by atoms with van der Waals surface area (Å²) in [5.41, 5.74) is 0.268. The third-order valence-corrected chi connectivity index (χ3v) is 6.31. The Balaban J connectivity index is 1.97. The Kier molecular flexibility index (Phi) is 4.89. The van der Waals surface area contributed by atoms with Crippen molar-refractivity contribution in [3.63, 3.8) is 0 Å². The largest absolute Gasteiger partial charge is 0.372 e. The minimum atomic E-state index is 0.0396. The monoisotopic (exact) mass is 292 g/mol.